The first-order valence-corrected chi connectivity index (χ1v) is 3.24. The topological polar surface area (TPSA) is 60.7 Å². The van der Waals surface area contributed by atoms with Crippen molar-refractivity contribution in [2.45, 2.75) is 31.7 Å². The summed E-state index contributed by atoms with van der Waals surface area (Å²) in [5, 5.41) is 26.8. The van der Waals surface area contributed by atoms with Gasteiger partial charge in [0.15, 0.2) is 0 Å². The number of rotatable bonds is 4. The van der Waals surface area contributed by atoms with E-state index in [-0.39, 0.29) is 0 Å². The van der Waals surface area contributed by atoms with Crippen LogP contribution >= 0.6 is 0 Å². The number of aliphatic hydroxyl groups excluding tert-OH is 3. The third-order valence-electron chi connectivity index (χ3n) is 1.30. The molecule has 0 bridgehead atoms. The van der Waals surface area contributed by atoms with Gasteiger partial charge in [-0.3, -0.25) is 0 Å². The van der Waals surface area contributed by atoms with Gasteiger partial charge in [-0.25, -0.2) is 0 Å². The summed E-state index contributed by atoms with van der Waals surface area (Å²) in [6, 6.07) is 0. The fourth-order valence-corrected chi connectivity index (χ4v) is 0.632. The van der Waals surface area contributed by atoms with Crippen molar-refractivity contribution < 1.29 is 15.3 Å². The van der Waals surface area contributed by atoms with Gasteiger partial charge in [0, 0.05) is 0 Å². The fourth-order valence-electron chi connectivity index (χ4n) is 0.632. The molecule has 0 aliphatic rings. The third kappa shape index (κ3) is 2.96. The molecule has 0 aromatic carbocycles. The summed E-state index contributed by atoms with van der Waals surface area (Å²) >= 11 is 0. The molecule has 0 aliphatic carbocycles. The van der Waals surface area contributed by atoms with Crippen molar-refractivity contribution in [2.75, 3.05) is 0 Å². The molecule has 0 radical (unpaired) electrons. The number of aliphatic hydroxyl groups is 3. The summed E-state index contributed by atoms with van der Waals surface area (Å²) in [5.41, 5.74) is 0. The Labute approximate surface area is 60.6 Å². The van der Waals surface area contributed by atoms with Crippen LogP contribution in [0.1, 0.15) is 13.3 Å². The molecule has 0 rings (SSSR count). The molecular weight excluding hydrogens is 132 g/mol. The van der Waals surface area contributed by atoms with Crippen LogP contribution in [0, 0.1) is 0 Å². The van der Waals surface area contributed by atoms with Crippen LogP contribution in [0.25, 0.3) is 0 Å². The van der Waals surface area contributed by atoms with Gasteiger partial charge in [-0.1, -0.05) is 6.08 Å². The standard InChI is InChI=1S/C7H14O3/c1-3-4-6(9)7(10)5(2)8/h3,5-10H,1,4H2,2H3/t5-,6?,7-/m0/s1. The summed E-state index contributed by atoms with van der Waals surface area (Å²) in [6.45, 7) is 4.82. The zero-order valence-corrected chi connectivity index (χ0v) is 6.07. The van der Waals surface area contributed by atoms with Crippen LogP contribution in [-0.4, -0.2) is 33.6 Å². The lowest BCUT2D eigenvalue weighted by atomic mass is 10.1. The van der Waals surface area contributed by atoms with Gasteiger partial charge in [-0.2, -0.15) is 0 Å². The van der Waals surface area contributed by atoms with Crippen LogP contribution in [0.3, 0.4) is 0 Å². The lowest BCUT2D eigenvalue weighted by Gasteiger charge is -2.18. The van der Waals surface area contributed by atoms with Gasteiger partial charge in [-0.05, 0) is 13.3 Å². The molecule has 3 nitrogen and oxygen atoms in total. The molecule has 1 unspecified atom stereocenters. The number of hydrogen-bond acceptors (Lipinski definition) is 3. The normalized spacial score (nSPS) is 19.6. The van der Waals surface area contributed by atoms with Gasteiger partial charge < -0.3 is 15.3 Å². The summed E-state index contributed by atoms with van der Waals surface area (Å²) in [7, 11) is 0. The van der Waals surface area contributed by atoms with Crippen molar-refractivity contribution in [3.63, 3.8) is 0 Å². The van der Waals surface area contributed by atoms with Crippen molar-refractivity contribution in [2.24, 2.45) is 0 Å². The van der Waals surface area contributed by atoms with Gasteiger partial charge in [0.25, 0.3) is 0 Å². The second-order valence-corrected chi connectivity index (χ2v) is 2.32. The molecule has 3 atom stereocenters. The Morgan fingerprint density at radius 1 is 1.40 bits per heavy atom. The smallest absolute Gasteiger partial charge is 0.106 e. The summed E-state index contributed by atoms with van der Waals surface area (Å²) in [6.07, 6.45) is -1.08. The fraction of sp³-hybridized carbons (Fsp3) is 0.714. The molecule has 0 heterocycles. The van der Waals surface area contributed by atoms with Crippen molar-refractivity contribution >= 4 is 0 Å². The molecule has 0 aromatic rings. The summed E-state index contributed by atoms with van der Waals surface area (Å²) in [4.78, 5) is 0. The van der Waals surface area contributed by atoms with E-state index in [0.717, 1.165) is 0 Å². The van der Waals surface area contributed by atoms with Crippen LogP contribution in [0.15, 0.2) is 12.7 Å². The molecule has 3 N–H and O–H groups in total. The number of hydrogen-bond donors (Lipinski definition) is 3. The van der Waals surface area contributed by atoms with Gasteiger partial charge in [-0.15, -0.1) is 6.58 Å². The zero-order chi connectivity index (χ0) is 8.15. The summed E-state index contributed by atoms with van der Waals surface area (Å²) < 4.78 is 0. The monoisotopic (exact) mass is 146 g/mol. The highest BCUT2D eigenvalue weighted by Crippen LogP contribution is 2.03. The molecule has 3 heteroatoms. The highest BCUT2D eigenvalue weighted by Gasteiger charge is 2.19. The van der Waals surface area contributed by atoms with Gasteiger partial charge >= 0.3 is 0 Å². The van der Waals surface area contributed by atoms with Crippen LogP contribution < -0.4 is 0 Å². The first-order valence-electron chi connectivity index (χ1n) is 3.24. The molecule has 0 spiro atoms. The summed E-state index contributed by atoms with van der Waals surface area (Å²) in [5.74, 6) is 0. The van der Waals surface area contributed by atoms with Crippen molar-refractivity contribution in [3.8, 4) is 0 Å². The largest absolute Gasteiger partial charge is 0.391 e. The maximum Gasteiger partial charge on any atom is 0.106 e. The van der Waals surface area contributed by atoms with Crippen molar-refractivity contribution in [1.29, 1.82) is 0 Å². The minimum absolute atomic E-state index is 0.298. The maximum atomic E-state index is 9.01. The highest BCUT2D eigenvalue weighted by molar-refractivity contribution is 4.79. The van der Waals surface area contributed by atoms with E-state index in [9.17, 15) is 0 Å². The maximum absolute atomic E-state index is 9.01. The molecule has 0 saturated carbocycles. The van der Waals surface area contributed by atoms with Crippen LogP contribution in [0.4, 0.5) is 0 Å². The van der Waals surface area contributed by atoms with Crippen molar-refractivity contribution in [1.82, 2.24) is 0 Å². The molecule has 60 valence electrons. The van der Waals surface area contributed by atoms with Gasteiger partial charge in [0.1, 0.15) is 6.10 Å². The van der Waals surface area contributed by atoms with E-state index in [1.807, 2.05) is 0 Å². The second kappa shape index (κ2) is 4.44. The minimum Gasteiger partial charge on any atom is -0.391 e. The average Bonchev–Trinajstić information content (AvgIpc) is 1.87. The molecular formula is C7H14O3. The Hall–Kier alpha value is -0.380. The van der Waals surface area contributed by atoms with Gasteiger partial charge in [0.05, 0.1) is 12.2 Å². The van der Waals surface area contributed by atoms with E-state index in [4.69, 9.17) is 15.3 Å². The van der Waals surface area contributed by atoms with Crippen molar-refractivity contribution in [3.05, 3.63) is 12.7 Å². The first-order chi connectivity index (χ1) is 4.59. The Bertz CT molecular complexity index is 101. The predicted molar refractivity (Wildman–Crippen MR) is 38.5 cm³/mol. The zero-order valence-electron chi connectivity index (χ0n) is 6.07. The van der Waals surface area contributed by atoms with E-state index in [1.54, 1.807) is 0 Å². The molecule has 0 aromatic heterocycles. The predicted octanol–water partition coefficient (Wildman–Crippen LogP) is -0.335. The van der Waals surface area contributed by atoms with Crippen LogP contribution in [-0.2, 0) is 0 Å². The van der Waals surface area contributed by atoms with Crippen LogP contribution in [0.5, 0.6) is 0 Å². The average molecular weight is 146 g/mol. The SMILES string of the molecule is C=CCC(O)[C@@H](O)[C@H](C)O. The Kier molecular flexibility index (Phi) is 4.27. The lowest BCUT2D eigenvalue weighted by molar-refractivity contribution is -0.0499. The van der Waals surface area contributed by atoms with E-state index in [0.29, 0.717) is 6.42 Å². The molecule has 0 aliphatic heterocycles. The van der Waals surface area contributed by atoms with E-state index >= 15 is 0 Å². The van der Waals surface area contributed by atoms with Crippen LogP contribution in [0.2, 0.25) is 0 Å². The first kappa shape index (κ1) is 9.62. The Morgan fingerprint density at radius 2 is 1.90 bits per heavy atom. The van der Waals surface area contributed by atoms with E-state index < -0.39 is 18.3 Å². The molecule has 10 heavy (non-hydrogen) atoms. The molecule has 0 saturated heterocycles. The van der Waals surface area contributed by atoms with Gasteiger partial charge in [0.2, 0.25) is 0 Å². The van der Waals surface area contributed by atoms with E-state index in [1.165, 1.54) is 13.0 Å². The molecule has 0 amide bonds. The minimum atomic E-state index is -1.07. The Morgan fingerprint density at radius 3 is 2.20 bits per heavy atom. The highest BCUT2D eigenvalue weighted by atomic mass is 16.4. The quantitative estimate of drug-likeness (QED) is 0.476. The lowest BCUT2D eigenvalue weighted by Crippen LogP contribution is -2.34. The second-order valence-electron chi connectivity index (χ2n) is 2.32. The molecule has 0 fully saturated rings. The van der Waals surface area contributed by atoms with E-state index in [2.05, 4.69) is 6.58 Å². The third-order valence-corrected chi connectivity index (χ3v) is 1.30. The Balaban J connectivity index is 3.68.